The van der Waals surface area contributed by atoms with Gasteiger partial charge in [0.2, 0.25) is 0 Å². The summed E-state index contributed by atoms with van der Waals surface area (Å²) in [5.74, 6) is 0.944. The molecule has 1 heterocycles. The molecule has 0 unspecified atom stereocenters. The Morgan fingerprint density at radius 2 is 2.06 bits per heavy atom. The summed E-state index contributed by atoms with van der Waals surface area (Å²) < 4.78 is 33.1. The van der Waals surface area contributed by atoms with Gasteiger partial charge >= 0.3 is 6.61 Å². The Balaban J connectivity index is 0.000000673. The van der Waals surface area contributed by atoms with Crippen molar-refractivity contribution in [2.24, 2.45) is 0 Å². The molecule has 0 N–H and O–H groups in total. The summed E-state index contributed by atoms with van der Waals surface area (Å²) in [5.41, 5.74) is 0. The number of ether oxygens (including phenoxy) is 2. The van der Waals surface area contributed by atoms with Crippen molar-refractivity contribution < 1.29 is 18.3 Å². The molecule has 1 aliphatic heterocycles. The van der Waals surface area contributed by atoms with E-state index in [1.54, 1.807) is 7.11 Å². The molecule has 1 fully saturated rings. The van der Waals surface area contributed by atoms with Crippen LogP contribution < -0.4 is 0 Å². The summed E-state index contributed by atoms with van der Waals surface area (Å²) in [7, 11) is 3.49. The van der Waals surface area contributed by atoms with Gasteiger partial charge in [-0.25, -0.2) is 0 Å². The zero-order valence-electron chi connectivity index (χ0n) is 10.0. The highest BCUT2D eigenvalue weighted by molar-refractivity contribution is 7.80. The molecule has 1 rings (SSSR count). The van der Waals surface area contributed by atoms with E-state index in [1.165, 1.54) is 0 Å². The normalized spacial score (nSPS) is 25.7. The highest BCUT2D eigenvalue weighted by atomic mass is 32.1. The molecule has 0 aliphatic carbocycles. The highest BCUT2D eigenvalue weighted by Gasteiger charge is 2.31. The first-order valence-electron chi connectivity index (χ1n) is 5.28. The molecular formula is C10H21F2NO2S. The van der Waals surface area contributed by atoms with Crippen LogP contribution in [0, 0.1) is 0 Å². The van der Waals surface area contributed by atoms with Gasteiger partial charge in [0.25, 0.3) is 0 Å². The van der Waals surface area contributed by atoms with Gasteiger partial charge in [0, 0.05) is 19.7 Å². The number of halogens is 2. The number of methoxy groups -OCH3 is 1. The van der Waals surface area contributed by atoms with Gasteiger partial charge in [0.05, 0.1) is 12.7 Å². The molecule has 0 aromatic heterocycles. The Hall–Kier alpha value is 0.0900. The third kappa shape index (κ3) is 6.62. The lowest BCUT2D eigenvalue weighted by Crippen LogP contribution is -2.29. The maximum absolute atomic E-state index is 11.9. The van der Waals surface area contributed by atoms with Crippen LogP contribution >= 0.6 is 12.6 Å². The monoisotopic (exact) mass is 257 g/mol. The second-order valence-corrected chi connectivity index (χ2v) is 4.25. The van der Waals surface area contributed by atoms with E-state index in [4.69, 9.17) is 4.74 Å². The van der Waals surface area contributed by atoms with Crippen LogP contribution in [0.15, 0.2) is 0 Å². The predicted octanol–water partition coefficient (Wildman–Crippen LogP) is 1.88. The largest absolute Gasteiger partial charge is 0.383 e. The second-order valence-electron chi connectivity index (χ2n) is 3.62. The van der Waals surface area contributed by atoms with Crippen LogP contribution in [0.3, 0.4) is 0 Å². The van der Waals surface area contributed by atoms with Crippen LogP contribution in [0.1, 0.15) is 13.3 Å². The van der Waals surface area contributed by atoms with Crippen LogP contribution in [0.25, 0.3) is 0 Å². The lowest BCUT2D eigenvalue weighted by atomic mass is 10.2. The van der Waals surface area contributed by atoms with Gasteiger partial charge in [-0.05, 0) is 19.2 Å². The molecule has 1 aliphatic rings. The SMILES string of the molecule is CCS.COC[C@@H]1C[C@@H](OC(F)F)CN1C. The molecule has 0 bridgehead atoms. The maximum atomic E-state index is 11.9. The molecule has 0 radical (unpaired) electrons. The van der Waals surface area contributed by atoms with Crippen LogP contribution in [-0.4, -0.2) is 56.7 Å². The van der Waals surface area contributed by atoms with Crippen molar-refractivity contribution >= 4 is 12.6 Å². The lowest BCUT2D eigenvalue weighted by Gasteiger charge is -2.16. The summed E-state index contributed by atoms with van der Waals surface area (Å²) in [6.07, 6.45) is 0.263. The molecule has 0 amide bonds. The average Bonchev–Trinajstić information content (AvgIpc) is 2.47. The quantitative estimate of drug-likeness (QED) is 0.777. The third-order valence-corrected chi connectivity index (χ3v) is 2.30. The third-order valence-electron chi connectivity index (χ3n) is 2.30. The van der Waals surface area contributed by atoms with Crippen molar-refractivity contribution in [3.8, 4) is 0 Å². The van der Waals surface area contributed by atoms with Gasteiger partial charge in [0.1, 0.15) is 0 Å². The fourth-order valence-electron chi connectivity index (χ4n) is 1.66. The molecule has 0 aromatic rings. The molecule has 0 saturated carbocycles. The van der Waals surface area contributed by atoms with Crippen LogP contribution in [-0.2, 0) is 9.47 Å². The molecule has 6 heteroatoms. The van der Waals surface area contributed by atoms with E-state index < -0.39 is 6.61 Å². The Morgan fingerprint density at radius 3 is 2.50 bits per heavy atom. The van der Waals surface area contributed by atoms with E-state index in [0.717, 1.165) is 5.75 Å². The molecule has 2 atom stereocenters. The summed E-state index contributed by atoms with van der Waals surface area (Å²) in [5, 5.41) is 0. The number of likely N-dealkylation sites (N-methyl/N-ethyl adjacent to an activating group) is 1. The summed E-state index contributed by atoms with van der Waals surface area (Å²) in [6, 6.07) is 0.203. The van der Waals surface area contributed by atoms with Crippen LogP contribution in [0.5, 0.6) is 0 Å². The Labute approximate surface area is 101 Å². The standard InChI is InChI=1S/C8H15F2NO2.C2H6S/c1-11-4-7(13-8(9)10)3-6(11)5-12-2;1-2-3/h6-8H,3-5H2,1-2H3;3H,2H2,1H3/t6-,7+;/m0./s1. The van der Waals surface area contributed by atoms with Crippen molar-refractivity contribution in [2.45, 2.75) is 32.1 Å². The van der Waals surface area contributed by atoms with Crippen LogP contribution in [0.4, 0.5) is 8.78 Å². The van der Waals surface area contributed by atoms with E-state index in [1.807, 2.05) is 18.9 Å². The van der Waals surface area contributed by atoms with Crippen molar-refractivity contribution in [1.82, 2.24) is 4.90 Å². The fraction of sp³-hybridized carbons (Fsp3) is 1.00. The van der Waals surface area contributed by atoms with E-state index >= 15 is 0 Å². The first kappa shape index (κ1) is 16.1. The number of hydrogen-bond acceptors (Lipinski definition) is 4. The number of likely N-dealkylation sites (tertiary alicyclic amines) is 1. The van der Waals surface area contributed by atoms with E-state index in [2.05, 4.69) is 17.4 Å². The van der Waals surface area contributed by atoms with Crippen molar-refractivity contribution in [3.63, 3.8) is 0 Å². The molecule has 1 saturated heterocycles. The summed E-state index contributed by atoms with van der Waals surface area (Å²) >= 11 is 3.79. The number of alkyl halides is 2. The molecule has 16 heavy (non-hydrogen) atoms. The smallest absolute Gasteiger partial charge is 0.345 e. The molecule has 0 spiro atoms. The number of thiol groups is 1. The van der Waals surface area contributed by atoms with E-state index in [9.17, 15) is 8.78 Å². The van der Waals surface area contributed by atoms with Crippen LogP contribution in [0.2, 0.25) is 0 Å². The Morgan fingerprint density at radius 1 is 1.50 bits per heavy atom. The molecule has 0 aromatic carbocycles. The van der Waals surface area contributed by atoms with Gasteiger partial charge in [-0.2, -0.15) is 21.4 Å². The van der Waals surface area contributed by atoms with Crippen molar-refractivity contribution in [2.75, 3.05) is 33.1 Å². The molecular weight excluding hydrogens is 236 g/mol. The first-order chi connectivity index (χ1) is 7.54. The van der Waals surface area contributed by atoms with Gasteiger partial charge in [-0.3, -0.25) is 4.90 Å². The van der Waals surface area contributed by atoms with Gasteiger partial charge < -0.3 is 9.47 Å². The topological polar surface area (TPSA) is 21.7 Å². The summed E-state index contributed by atoms with van der Waals surface area (Å²) in [6.45, 7) is 0.445. The lowest BCUT2D eigenvalue weighted by molar-refractivity contribution is -0.158. The highest BCUT2D eigenvalue weighted by Crippen LogP contribution is 2.20. The zero-order chi connectivity index (χ0) is 12.6. The van der Waals surface area contributed by atoms with Gasteiger partial charge in [-0.1, -0.05) is 6.92 Å². The number of rotatable bonds is 4. The number of nitrogens with zero attached hydrogens (tertiary/aromatic N) is 1. The maximum Gasteiger partial charge on any atom is 0.345 e. The minimum Gasteiger partial charge on any atom is -0.383 e. The van der Waals surface area contributed by atoms with E-state index in [-0.39, 0.29) is 12.1 Å². The summed E-state index contributed by atoms with van der Waals surface area (Å²) in [4.78, 5) is 1.98. The predicted molar refractivity (Wildman–Crippen MR) is 63.3 cm³/mol. The minimum absolute atomic E-state index is 0.203. The fourth-order valence-corrected chi connectivity index (χ4v) is 1.66. The van der Waals surface area contributed by atoms with Crippen molar-refractivity contribution in [1.29, 1.82) is 0 Å². The minimum atomic E-state index is -2.67. The molecule has 3 nitrogen and oxygen atoms in total. The van der Waals surface area contributed by atoms with Crippen molar-refractivity contribution in [3.05, 3.63) is 0 Å². The van der Waals surface area contributed by atoms with Gasteiger partial charge in [-0.15, -0.1) is 0 Å². The number of hydrogen-bond donors (Lipinski definition) is 1. The van der Waals surface area contributed by atoms with Gasteiger partial charge in [0.15, 0.2) is 0 Å². The second kappa shape index (κ2) is 9.15. The zero-order valence-corrected chi connectivity index (χ0v) is 10.9. The molecule has 98 valence electrons. The van der Waals surface area contributed by atoms with E-state index in [0.29, 0.717) is 19.6 Å². The Bertz CT molecular complexity index is 175. The Kier molecular flexibility index (Phi) is 9.21. The first-order valence-corrected chi connectivity index (χ1v) is 5.92. The average molecular weight is 257 g/mol.